The Morgan fingerprint density at radius 1 is 1.16 bits per heavy atom. The molecule has 19 heavy (non-hydrogen) atoms. The summed E-state index contributed by atoms with van der Waals surface area (Å²) in [5.41, 5.74) is 2.48. The fourth-order valence-corrected chi connectivity index (χ4v) is 3.15. The molecule has 3 heteroatoms. The largest absolute Gasteiger partial charge is 0.313 e. The Morgan fingerprint density at radius 3 is 2.53 bits per heavy atom. The molecule has 1 atom stereocenters. The van der Waals surface area contributed by atoms with Crippen molar-refractivity contribution in [3.05, 3.63) is 64.7 Å². The molecule has 100 valence electrons. The first-order valence-corrected chi connectivity index (χ1v) is 7.70. The molecule has 0 aromatic heterocycles. The van der Waals surface area contributed by atoms with Crippen molar-refractivity contribution in [2.45, 2.75) is 23.6 Å². The topological polar surface area (TPSA) is 12.0 Å². The molecule has 0 amide bonds. The summed E-state index contributed by atoms with van der Waals surface area (Å²) in [7, 11) is 1.94. The van der Waals surface area contributed by atoms with Gasteiger partial charge in [0.2, 0.25) is 0 Å². The summed E-state index contributed by atoms with van der Waals surface area (Å²) in [4.78, 5) is 1.21. The van der Waals surface area contributed by atoms with E-state index in [0.29, 0.717) is 0 Å². The number of nitrogens with one attached hydrogen (secondary N) is 1. The number of halogens is 1. The highest BCUT2D eigenvalue weighted by Gasteiger charge is 2.08. The third-order valence-corrected chi connectivity index (χ3v) is 4.51. The van der Waals surface area contributed by atoms with Gasteiger partial charge in [-0.05, 0) is 37.2 Å². The van der Waals surface area contributed by atoms with Gasteiger partial charge in [-0.1, -0.05) is 48.0 Å². The molecule has 0 saturated carbocycles. The monoisotopic (exact) mass is 291 g/mol. The summed E-state index contributed by atoms with van der Waals surface area (Å²) in [5, 5.41) is 4.04. The minimum atomic E-state index is 0.278. The minimum Gasteiger partial charge on any atom is -0.313 e. The van der Waals surface area contributed by atoms with Crippen molar-refractivity contribution in [1.29, 1.82) is 0 Å². The number of hydrogen-bond donors (Lipinski definition) is 1. The van der Waals surface area contributed by atoms with Crippen molar-refractivity contribution in [2.75, 3.05) is 7.05 Å². The van der Waals surface area contributed by atoms with Gasteiger partial charge >= 0.3 is 0 Å². The highest BCUT2D eigenvalue weighted by atomic mass is 35.5. The van der Waals surface area contributed by atoms with Crippen LogP contribution in [-0.4, -0.2) is 7.05 Å². The lowest BCUT2D eigenvalue weighted by Crippen LogP contribution is -2.12. The molecule has 1 N–H and O–H groups in total. The molecule has 0 aliphatic heterocycles. The molecule has 0 radical (unpaired) electrons. The predicted molar refractivity (Wildman–Crippen MR) is 84.9 cm³/mol. The van der Waals surface area contributed by atoms with E-state index >= 15 is 0 Å². The van der Waals surface area contributed by atoms with E-state index in [4.69, 9.17) is 11.6 Å². The number of benzene rings is 2. The SMILES string of the molecule is CNC(C)c1ccc(SCc2ccccc2)cc1Cl. The molecule has 2 aromatic rings. The molecule has 1 unspecified atom stereocenters. The summed E-state index contributed by atoms with van der Waals surface area (Å²) in [5.74, 6) is 0.970. The molecule has 0 aliphatic carbocycles. The second-order valence-electron chi connectivity index (χ2n) is 4.47. The Labute approximate surface area is 124 Å². The average Bonchev–Trinajstić information content (AvgIpc) is 2.45. The van der Waals surface area contributed by atoms with E-state index < -0.39 is 0 Å². The van der Waals surface area contributed by atoms with Crippen LogP contribution in [0.25, 0.3) is 0 Å². The first-order chi connectivity index (χ1) is 9.20. The van der Waals surface area contributed by atoms with Gasteiger partial charge in [0.25, 0.3) is 0 Å². The van der Waals surface area contributed by atoms with E-state index in [0.717, 1.165) is 16.3 Å². The first-order valence-electron chi connectivity index (χ1n) is 6.34. The van der Waals surface area contributed by atoms with E-state index in [1.807, 2.05) is 24.9 Å². The Kier molecular flexibility index (Phi) is 5.32. The van der Waals surface area contributed by atoms with Crippen molar-refractivity contribution < 1.29 is 0 Å². The van der Waals surface area contributed by atoms with Crippen LogP contribution in [-0.2, 0) is 5.75 Å². The molecule has 0 saturated heterocycles. The highest BCUT2D eigenvalue weighted by Crippen LogP contribution is 2.30. The summed E-state index contributed by atoms with van der Waals surface area (Å²) >= 11 is 8.14. The normalized spacial score (nSPS) is 12.4. The highest BCUT2D eigenvalue weighted by molar-refractivity contribution is 7.98. The molecular weight excluding hydrogens is 274 g/mol. The van der Waals surface area contributed by atoms with E-state index in [1.54, 1.807) is 0 Å². The summed E-state index contributed by atoms with van der Waals surface area (Å²) < 4.78 is 0. The van der Waals surface area contributed by atoms with Gasteiger partial charge in [0, 0.05) is 21.7 Å². The molecule has 2 aromatic carbocycles. The number of rotatable bonds is 5. The lowest BCUT2D eigenvalue weighted by molar-refractivity contribution is 0.652. The van der Waals surface area contributed by atoms with E-state index in [2.05, 4.69) is 54.7 Å². The van der Waals surface area contributed by atoms with E-state index in [-0.39, 0.29) is 6.04 Å². The Hall–Kier alpha value is -0.960. The van der Waals surface area contributed by atoms with Crippen LogP contribution in [0.5, 0.6) is 0 Å². The van der Waals surface area contributed by atoms with Crippen LogP contribution < -0.4 is 5.32 Å². The second kappa shape index (κ2) is 6.99. The Balaban J connectivity index is 2.04. The average molecular weight is 292 g/mol. The molecule has 0 bridgehead atoms. The van der Waals surface area contributed by atoms with Crippen LogP contribution in [0.3, 0.4) is 0 Å². The summed E-state index contributed by atoms with van der Waals surface area (Å²) in [6.45, 7) is 2.11. The van der Waals surface area contributed by atoms with Crippen molar-refractivity contribution in [3.8, 4) is 0 Å². The van der Waals surface area contributed by atoms with E-state index in [9.17, 15) is 0 Å². The maximum atomic E-state index is 6.33. The second-order valence-corrected chi connectivity index (χ2v) is 5.92. The molecule has 0 heterocycles. The van der Waals surface area contributed by atoms with Crippen LogP contribution >= 0.6 is 23.4 Å². The van der Waals surface area contributed by atoms with Gasteiger partial charge in [0.1, 0.15) is 0 Å². The third-order valence-electron chi connectivity index (χ3n) is 3.12. The quantitative estimate of drug-likeness (QED) is 0.785. The van der Waals surface area contributed by atoms with Gasteiger partial charge in [-0.3, -0.25) is 0 Å². The lowest BCUT2D eigenvalue weighted by atomic mass is 10.1. The van der Waals surface area contributed by atoms with Gasteiger partial charge in [0.05, 0.1) is 0 Å². The van der Waals surface area contributed by atoms with Crippen LogP contribution in [0.15, 0.2) is 53.4 Å². The van der Waals surface area contributed by atoms with Gasteiger partial charge < -0.3 is 5.32 Å². The van der Waals surface area contributed by atoms with Gasteiger partial charge in [-0.2, -0.15) is 0 Å². The zero-order valence-corrected chi connectivity index (χ0v) is 12.8. The minimum absolute atomic E-state index is 0.278. The molecule has 0 aliphatic rings. The smallest absolute Gasteiger partial charge is 0.0464 e. The molecular formula is C16H18ClNS. The Morgan fingerprint density at radius 2 is 1.89 bits per heavy atom. The molecule has 0 fully saturated rings. The third kappa shape index (κ3) is 4.00. The van der Waals surface area contributed by atoms with Crippen LogP contribution in [0.4, 0.5) is 0 Å². The zero-order chi connectivity index (χ0) is 13.7. The van der Waals surface area contributed by atoms with Crippen molar-refractivity contribution >= 4 is 23.4 Å². The first kappa shape index (κ1) is 14.4. The maximum absolute atomic E-state index is 6.33. The van der Waals surface area contributed by atoms with Crippen molar-refractivity contribution in [1.82, 2.24) is 5.32 Å². The standard InChI is InChI=1S/C16H18ClNS/c1-12(18-2)15-9-8-14(10-16(15)17)19-11-13-6-4-3-5-7-13/h3-10,12,18H,11H2,1-2H3. The van der Waals surface area contributed by atoms with Crippen LogP contribution in [0.2, 0.25) is 5.02 Å². The van der Waals surface area contributed by atoms with Crippen LogP contribution in [0, 0.1) is 0 Å². The maximum Gasteiger partial charge on any atom is 0.0464 e. The van der Waals surface area contributed by atoms with Crippen molar-refractivity contribution in [2.24, 2.45) is 0 Å². The lowest BCUT2D eigenvalue weighted by Gasteiger charge is -2.13. The van der Waals surface area contributed by atoms with Gasteiger partial charge in [-0.15, -0.1) is 11.8 Å². The van der Waals surface area contributed by atoms with Crippen molar-refractivity contribution in [3.63, 3.8) is 0 Å². The molecule has 1 nitrogen and oxygen atoms in total. The van der Waals surface area contributed by atoms with E-state index in [1.165, 1.54) is 10.5 Å². The zero-order valence-electron chi connectivity index (χ0n) is 11.2. The molecule has 0 spiro atoms. The summed E-state index contributed by atoms with van der Waals surface area (Å²) in [6.07, 6.45) is 0. The predicted octanol–water partition coefficient (Wildman–Crippen LogP) is 4.91. The van der Waals surface area contributed by atoms with Gasteiger partial charge in [0.15, 0.2) is 0 Å². The molecule has 2 rings (SSSR count). The Bertz CT molecular complexity index is 528. The number of thioether (sulfide) groups is 1. The fourth-order valence-electron chi connectivity index (χ4n) is 1.85. The fraction of sp³-hybridized carbons (Fsp3) is 0.250. The van der Waals surface area contributed by atoms with Crippen LogP contribution in [0.1, 0.15) is 24.1 Å². The van der Waals surface area contributed by atoms with Gasteiger partial charge in [-0.25, -0.2) is 0 Å². The summed E-state index contributed by atoms with van der Waals surface area (Å²) in [6, 6.07) is 17.1. The number of hydrogen-bond acceptors (Lipinski definition) is 2.